The van der Waals surface area contributed by atoms with E-state index >= 15 is 0 Å². The second kappa shape index (κ2) is 10.3. The van der Waals surface area contributed by atoms with Gasteiger partial charge < -0.3 is 10.0 Å². The molecule has 6 rings (SSSR count). The highest BCUT2D eigenvalue weighted by atomic mass is 16.3. The van der Waals surface area contributed by atoms with Gasteiger partial charge in [-0.3, -0.25) is 14.7 Å². The molecule has 4 fully saturated rings. The highest BCUT2D eigenvalue weighted by Crippen LogP contribution is 2.50. The minimum atomic E-state index is -0.440. The van der Waals surface area contributed by atoms with E-state index in [0.717, 1.165) is 82.9 Å². The molecule has 200 valence electrons. The first kappa shape index (κ1) is 25.2. The lowest BCUT2D eigenvalue weighted by molar-refractivity contribution is -0.0966. The predicted octanol–water partition coefficient (Wildman–Crippen LogP) is 3.77. The van der Waals surface area contributed by atoms with Crippen LogP contribution in [0.3, 0.4) is 0 Å². The number of anilines is 1. The first-order valence-corrected chi connectivity index (χ1v) is 14.4. The third-order valence-corrected chi connectivity index (χ3v) is 10.1. The van der Waals surface area contributed by atoms with Gasteiger partial charge >= 0.3 is 0 Å². The third kappa shape index (κ3) is 4.91. The lowest BCUT2D eigenvalue weighted by Crippen LogP contribution is -2.56. The number of aliphatic hydroxyl groups is 1. The summed E-state index contributed by atoms with van der Waals surface area (Å²) in [5.74, 6) is 1.40. The molecule has 2 aliphatic carbocycles. The quantitative estimate of drug-likeness (QED) is 0.616. The number of aliphatic hydroxyl groups excluding tert-OH is 1. The highest BCUT2D eigenvalue weighted by molar-refractivity contribution is 5.41. The second-order valence-electron chi connectivity index (χ2n) is 12.4. The first-order chi connectivity index (χ1) is 18.0. The van der Waals surface area contributed by atoms with Crippen molar-refractivity contribution in [3.05, 3.63) is 54.6 Å². The van der Waals surface area contributed by atoms with E-state index in [-0.39, 0.29) is 11.1 Å². The van der Waals surface area contributed by atoms with Crippen LogP contribution in [0.4, 0.5) is 5.69 Å². The topological polar surface area (TPSA) is 59.0 Å². The summed E-state index contributed by atoms with van der Waals surface area (Å²) in [5, 5.41) is 11.7. The standard InChI is InChI=1S/C30H44N6O/c1-33(2)30(26-6-4-3-5-7-26)14-12-29(13-15-30)22-35(28(37)36(29)21-24-8-9-24)20-25-10-16-34(17-11-25)27-18-31-23-32-19-27/h3-7,18-19,23-25,28,37H,8-17,20-22H2,1-2H3/t28?,29-,30+. The van der Waals surface area contributed by atoms with Crippen LogP contribution in [0.25, 0.3) is 0 Å². The second-order valence-corrected chi connectivity index (χ2v) is 12.4. The van der Waals surface area contributed by atoms with Crippen molar-refractivity contribution in [2.75, 3.05) is 51.7 Å². The Balaban J connectivity index is 1.14. The SMILES string of the molecule is CN(C)[C@]1(c2ccccc2)CC[C@]2(CC1)CN(CC1CCN(c3cncnc3)CC1)C(O)N2CC1CC1. The van der Waals surface area contributed by atoms with Crippen LogP contribution in [0.15, 0.2) is 49.1 Å². The van der Waals surface area contributed by atoms with Crippen molar-refractivity contribution in [3.63, 3.8) is 0 Å². The summed E-state index contributed by atoms with van der Waals surface area (Å²) in [7, 11) is 4.49. The van der Waals surface area contributed by atoms with Crippen molar-refractivity contribution < 1.29 is 5.11 Å². The minimum Gasteiger partial charge on any atom is -0.369 e. The van der Waals surface area contributed by atoms with Crippen LogP contribution in [0.5, 0.6) is 0 Å². The molecule has 4 aliphatic rings. The van der Waals surface area contributed by atoms with Crippen LogP contribution >= 0.6 is 0 Å². The first-order valence-electron chi connectivity index (χ1n) is 14.4. The lowest BCUT2D eigenvalue weighted by Gasteiger charge is -2.51. The molecule has 3 heterocycles. The summed E-state index contributed by atoms with van der Waals surface area (Å²) in [6.45, 7) is 5.15. The van der Waals surface area contributed by atoms with E-state index in [9.17, 15) is 5.11 Å². The average molecular weight is 505 g/mol. The predicted molar refractivity (Wildman–Crippen MR) is 147 cm³/mol. The van der Waals surface area contributed by atoms with Crippen LogP contribution in [0.2, 0.25) is 0 Å². The van der Waals surface area contributed by atoms with Gasteiger partial charge in [-0.25, -0.2) is 9.97 Å². The molecule has 2 saturated carbocycles. The molecule has 7 heteroatoms. The van der Waals surface area contributed by atoms with E-state index in [1.54, 1.807) is 6.33 Å². The summed E-state index contributed by atoms with van der Waals surface area (Å²) in [6.07, 6.45) is 14.5. The van der Waals surface area contributed by atoms with Crippen molar-refractivity contribution in [1.29, 1.82) is 0 Å². The van der Waals surface area contributed by atoms with Crippen LogP contribution in [-0.2, 0) is 5.54 Å². The summed E-state index contributed by atoms with van der Waals surface area (Å²) >= 11 is 0. The normalized spacial score (nSPS) is 32.0. The minimum absolute atomic E-state index is 0.0874. The van der Waals surface area contributed by atoms with E-state index in [1.807, 2.05) is 12.4 Å². The summed E-state index contributed by atoms with van der Waals surface area (Å²) < 4.78 is 0. The smallest absolute Gasteiger partial charge is 0.166 e. The van der Waals surface area contributed by atoms with Gasteiger partial charge in [0.15, 0.2) is 6.35 Å². The van der Waals surface area contributed by atoms with Crippen molar-refractivity contribution in [3.8, 4) is 0 Å². The molecular weight excluding hydrogens is 460 g/mol. The monoisotopic (exact) mass is 504 g/mol. The van der Waals surface area contributed by atoms with Gasteiger partial charge in [0.1, 0.15) is 6.33 Å². The van der Waals surface area contributed by atoms with E-state index in [4.69, 9.17) is 0 Å². The van der Waals surface area contributed by atoms with Crippen LogP contribution < -0.4 is 4.90 Å². The van der Waals surface area contributed by atoms with Crippen LogP contribution in [0.1, 0.15) is 56.9 Å². The molecule has 2 aliphatic heterocycles. The molecule has 0 amide bonds. The van der Waals surface area contributed by atoms with Gasteiger partial charge in [-0.2, -0.15) is 0 Å². The zero-order valence-corrected chi connectivity index (χ0v) is 22.7. The van der Waals surface area contributed by atoms with Gasteiger partial charge in [0.25, 0.3) is 0 Å². The fourth-order valence-corrected chi connectivity index (χ4v) is 7.49. The fraction of sp³-hybridized carbons (Fsp3) is 0.667. The highest BCUT2D eigenvalue weighted by Gasteiger charge is 2.55. The van der Waals surface area contributed by atoms with E-state index in [0.29, 0.717) is 5.92 Å². The van der Waals surface area contributed by atoms with Crippen molar-refractivity contribution in [1.82, 2.24) is 24.7 Å². The Labute approximate surface area is 222 Å². The molecule has 2 aromatic rings. The Bertz CT molecular complexity index is 1010. The van der Waals surface area contributed by atoms with Gasteiger partial charge in [0.2, 0.25) is 0 Å². The number of aromatic nitrogens is 2. The maximum Gasteiger partial charge on any atom is 0.166 e. The van der Waals surface area contributed by atoms with Crippen LogP contribution in [0, 0.1) is 11.8 Å². The number of piperidine rings is 1. The number of benzene rings is 1. The Morgan fingerprint density at radius 1 is 0.892 bits per heavy atom. The largest absolute Gasteiger partial charge is 0.369 e. The number of hydrogen-bond donors (Lipinski definition) is 1. The van der Waals surface area contributed by atoms with Crippen molar-refractivity contribution in [2.24, 2.45) is 11.8 Å². The molecule has 0 bridgehead atoms. The molecular formula is C30H44N6O. The summed E-state index contributed by atoms with van der Waals surface area (Å²) in [5.41, 5.74) is 2.75. The molecule has 1 N–H and O–H groups in total. The van der Waals surface area contributed by atoms with Crippen LogP contribution in [-0.4, -0.2) is 88.5 Å². The average Bonchev–Trinajstić information content (AvgIpc) is 3.73. The Hall–Kier alpha value is -2.06. The van der Waals surface area contributed by atoms with E-state index < -0.39 is 6.35 Å². The molecule has 7 nitrogen and oxygen atoms in total. The molecule has 1 aromatic carbocycles. The van der Waals surface area contributed by atoms with E-state index in [2.05, 4.69) is 74.0 Å². The fourth-order valence-electron chi connectivity index (χ4n) is 7.49. The molecule has 2 saturated heterocycles. The number of rotatable bonds is 7. The molecule has 0 radical (unpaired) electrons. The van der Waals surface area contributed by atoms with Gasteiger partial charge in [-0.1, -0.05) is 30.3 Å². The maximum absolute atomic E-state index is 11.7. The number of hydrogen-bond acceptors (Lipinski definition) is 7. The molecule has 1 atom stereocenters. The Morgan fingerprint density at radius 3 is 2.16 bits per heavy atom. The molecule has 1 unspecified atom stereocenters. The zero-order chi connectivity index (χ0) is 25.5. The van der Waals surface area contributed by atoms with Gasteiger partial charge in [0.05, 0.1) is 18.1 Å². The Morgan fingerprint density at radius 2 is 1.54 bits per heavy atom. The maximum atomic E-state index is 11.7. The zero-order valence-electron chi connectivity index (χ0n) is 22.7. The van der Waals surface area contributed by atoms with Gasteiger partial charge in [-0.05, 0) is 82.9 Å². The third-order valence-electron chi connectivity index (χ3n) is 10.1. The van der Waals surface area contributed by atoms with Crippen molar-refractivity contribution >= 4 is 5.69 Å². The molecule has 1 aromatic heterocycles. The molecule has 37 heavy (non-hydrogen) atoms. The van der Waals surface area contributed by atoms with Gasteiger partial charge in [-0.15, -0.1) is 0 Å². The van der Waals surface area contributed by atoms with Crippen molar-refractivity contribution in [2.45, 2.75) is 68.8 Å². The number of nitrogens with zero attached hydrogens (tertiary/aromatic N) is 6. The van der Waals surface area contributed by atoms with E-state index in [1.165, 1.54) is 18.4 Å². The molecule has 1 spiro atoms. The lowest BCUT2D eigenvalue weighted by atomic mass is 9.68. The summed E-state index contributed by atoms with van der Waals surface area (Å²) in [4.78, 5) is 18.2. The van der Waals surface area contributed by atoms with Gasteiger partial charge in [0, 0.05) is 43.8 Å². The summed E-state index contributed by atoms with van der Waals surface area (Å²) in [6, 6.07) is 11.1. The Kier molecular flexibility index (Phi) is 6.99.